The first-order valence-electron chi connectivity index (χ1n) is 7.74. The molecule has 2 N–H and O–H groups in total. The molecule has 6 nitrogen and oxygen atoms in total. The van der Waals surface area contributed by atoms with Gasteiger partial charge in [0.15, 0.2) is 5.13 Å². The second kappa shape index (κ2) is 7.87. The third-order valence-corrected chi connectivity index (χ3v) is 6.09. The van der Waals surface area contributed by atoms with Crippen LogP contribution < -0.4 is 10.0 Å². The Bertz CT molecular complexity index is 812. The molecule has 1 aromatic carbocycles. The monoisotopic (exact) mass is 367 g/mol. The van der Waals surface area contributed by atoms with E-state index in [4.69, 9.17) is 0 Å². The first-order chi connectivity index (χ1) is 11.4. The van der Waals surface area contributed by atoms with Crippen LogP contribution in [0.1, 0.15) is 41.2 Å². The van der Waals surface area contributed by atoms with Crippen LogP contribution in [0.2, 0.25) is 0 Å². The largest absolute Gasteiger partial charge is 0.298 e. The van der Waals surface area contributed by atoms with Crippen LogP contribution >= 0.6 is 11.3 Å². The number of benzene rings is 1. The van der Waals surface area contributed by atoms with Gasteiger partial charge in [-0.3, -0.25) is 10.1 Å². The molecule has 0 saturated carbocycles. The standard InChI is InChI=1S/C16H21N3O3S2/c1-4-6-13-14(5-2)23-16(18-13)19-15(20)11-7-9-12(10-8-11)24(21,22)17-3/h7-10,17H,4-6H2,1-3H3,(H,18,19,20). The summed E-state index contributed by atoms with van der Waals surface area (Å²) >= 11 is 1.48. The van der Waals surface area contributed by atoms with Gasteiger partial charge in [0.25, 0.3) is 5.91 Å². The Labute approximate surface area is 146 Å². The number of anilines is 1. The Morgan fingerprint density at radius 1 is 1.21 bits per heavy atom. The summed E-state index contributed by atoms with van der Waals surface area (Å²) in [7, 11) is -2.16. The summed E-state index contributed by atoms with van der Waals surface area (Å²) in [6.45, 7) is 4.16. The van der Waals surface area contributed by atoms with Crippen molar-refractivity contribution >= 4 is 32.4 Å². The summed E-state index contributed by atoms with van der Waals surface area (Å²) in [5.74, 6) is -0.303. The van der Waals surface area contributed by atoms with Crippen molar-refractivity contribution in [2.45, 2.75) is 38.0 Å². The first kappa shape index (κ1) is 18.6. The Balaban J connectivity index is 2.15. The Morgan fingerprint density at radius 3 is 2.42 bits per heavy atom. The molecule has 2 aromatic rings. The lowest BCUT2D eigenvalue weighted by Crippen LogP contribution is -2.19. The molecule has 0 aliphatic carbocycles. The highest BCUT2D eigenvalue weighted by molar-refractivity contribution is 7.89. The minimum atomic E-state index is -3.50. The van der Waals surface area contributed by atoms with Crippen molar-refractivity contribution in [3.8, 4) is 0 Å². The van der Waals surface area contributed by atoms with Crippen LogP contribution in [-0.2, 0) is 22.9 Å². The molecule has 1 heterocycles. The predicted molar refractivity (Wildman–Crippen MR) is 96.1 cm³/mol. The molecule has 8 heteroatoms. The molecule has 0 bridgehead atoms. The highest BCUT2D eigenvalue weighted by Gasteiger charge is 2.15. The molecule has 0 aliphatic heterocycles. The predicted octanol–water partition coefficient (Wildman–Crippen LogP) is 2.82. The van der Waals surface area contributed by atoms with Crippen LogP contribution in [-0.4, -0.2) is 26.4 Å². The topological polar surface area (TPSA) is 88.2 Å². The molecule has 0 spiro atoms. The fourth-order valence-corrected chi connectivity index (χ4v) is 3.89. The third kappa shape index (κ3) is 4.19. The van der Waals surface area contributed by atoms with E-state index < -0.39 is 10.0 Å². The number of nitrogens with zero attached hydrogens (tertiary/aromatic N) is 1. The number of carbonyl (C=O) groups is 1. The molecule has 0 saturated heterocycles. The molecular formula is C16H21N3O3S2. The SMILES string of the molecule is CCCc1nc(NC(=O)c2ccc(S(=O)(=O)NC)cc2)sc1CC. The van der Waals surface area contributed by atoms with Crippen LogP contribution in [0.15, 0.2) is 29.2 Å². The van der Waals surface area contributed by atoms with Crippen LogP contribution in [0.3, 0.4) is 0 Å². The number of rotatable bonds is 7. The average molecular weight is 367 g/mol. The number of thiazole rings is 1. The second-order valence-corrected chi connectivity index (χ2v) is 8.15. The molecule has 0 fully saturated rings. The van der Waals surface area contributed by atoms with Gasteiger partial charge >= 0.3 is 0 Å². The van der Waals surface area contributed by atoms with E-state index >= 15 is 0 Å². The second-order valence-electron chi connectivity index (χ2n) is 5.18. The quantitative estimate of drug-likeness (QED) is 0.788. The van der Waals surface area contributed by atoms with Gasteiger partial charge in [0.1, 0.15) is 0 Å². The van der Waals surface area contributed by atoms with E-state index in [9.17, 15) is 13.2 Å². The van der Waals surface area contributed by atoms with E-state index in [1.54, 1.807) is 0 Å². The number of aryl methyl sites for hydroxylation is 2. The zero-order valence-corrected chi connectivity index (χ0v) is 15.6. The zero-order chi connectivity index (χ0) is 17.7. The Morgan fingerprint density at radius 2 is 1.88 bits per heavy atom. The van der Waals surface area contributed by atoms with E-state index in [-0.39, 0.29) is 10.8 Å². The molecule has 0 radical (unpaired) electrons. The maximum absolute atomic E-state index is 12.3. The van der Waals surface area contributed by atoms with Crippen molar-refractivity contribution in [1.29, 1.82) is 0 Å². The third-order valence-electron chi connectivity index (χ3n) is 3.50. The van der Waals surface area contributed by atoms with E-state index in [1.807, 2.05) is 0 Å². The van der Waals surface area contributed by atoms with Gasteiger partial charge in [-0.1, -0.05) is 20.3 Å². The number of aromatic nitrogens is 1. The van der Waals surface area contributed by atoms with Gasteiger partial charge in [0.05, 0.1) is 10.6 Å². The summed E-state index contributed by atoms with van der Waals surface area (Å²) in [6.07, 6.45) is 2.79. The van der Waals surface area contributed by atoms with Crippen molar-refractivity contribution in [3.05, 3.63) is 40.4 Å². The van der Waals surface area contributed by atoms with Gasteiger partial charge in [0, 0.05) is 10.4 Å². The van der Waals surface area contributed by atoms with E-state index in [1.165, 1.54) is 47.5 Å². The van der Waals surface area contributed by atoms with Crippen LogP contribution in [0.25, 0.3) is 0 Å². The van der Waals surface area contributed by atoms with Gasteiger partial charge in [-0.25, -0.2) is 18.1 Å². The van der Waals surface area contributed by atoms with Gasteiger partial charge < -0.3 is 0 Å². The highest BCUT2D eigenvalue weighted by Crippen LogP contribution is 2.25. The summed E-state index contributed by atoms with van der Waals surface area (Å²) in [6, 6.07) is 5.78. The van der Waals surface area contributed by atoms with Crippen LogP contribution in [0.4, 0.5) is 5.13 Å². The summed E-state index contributed by atoms with van der Waals surface area (Å²) in [5.41, 5.74) is 1.42. The average Bonchev–Trinajstić information content (AvgIpc) is 2.96. The van der Waals surface area contributed by atoms with Gasteiger partial charge in [-0.2, -0.15) is 0 Å². The fourth-order valence-electron chi connectivity index (χ4n) is 2.22. The molecule has 1 amide bonds. The lowest BCUT2D eigenvalue weighted by molar-refractivity contribution is 0.102. The molecular weight excluding hydrogens is 346 g/mol. The lowest BCUT2D eigenvalue weighted by atomic mass is 10.2. The van der Waals surface area contributed by atoms with Crippen molar-refractivity contribution < 1.29 is 13.2 Å². The van der Waals surface area contributed by atoms with Crippen molar-refractivity contribution in [2.75, 3.05) is 12.4 Å². The summed E-state index contributed by atoms with van der Waals surface area (Å²) in [4.78, 5) is 18.1. The minimum absolute atomic E-state index is 0.120. The lowest BCUT2D eigenvalue weighted by Gasteiger charge is -2.04. The highest BCUT2D eigenvalue weighted by atomic mass is 32.2. The zero-order valence-electron chi connectivity index (χ0n) is 13.9. The maximum atomic E-state index is 12.3. The molecule has 24 heavy (non-hydrogen) atoms. The number of hydrogen-bond donors (Lipinski definition) is 2. The molecule has 0 atom stereocenters. The van der Waals surface area contributed by atoms with Crippen molar-refractivity contribution in [1.82, 2.24) is 9.71 Å². The molecule has 1 aromatic heterocycles. The van der Waals surface area contributed by atoms with E-state index in [2.05, 4.69) is 28.9 Å². The van der Waals surface area contributed by atoms with Crippen LogP contribution in [0, 0.1) is 0 Å². The van der Waals surface area contributed by atoms with Crippen molar-refractivity contribution in [3.63, 3.8) is 0 Å². The van der Waals surface area contributed by atoms with Crippen molar-refractivity contribution in [2.24, 2.45) is 0 Å². The Kier molecular flexibility index (Phi) is 6.09. The van der Waals surface area contributed by atoms with E-state index in [0.29, 0.717) is 10.7 Å². The maximum Gasteiger partial charge on any atom is 0.257 e. The Hall–Kier alpha value is -1.77. The number of amides is 1. The number of carbonyl (C=O) groups excluding carboxylic acids is 1. The van der Waals surface area contributed by atoms with Gasteiger partial charge in [0.2, 0.25) is 10.0 Å². The molecule has 0 unspecified atom stereocenters. The number of hydrogen-bond acceptors (Lipinski definition) is 5. The van der Waals surface area contributed by atoms with Gasteiger partial charge in [-0.15, -0.1) is 11.3 Å². The number of sulfonamides is 1. The van der Waals surface area contributed by atoms with E-state index in [0.717, 1.165) is 25.0 Å². The summed E-state index contributed by atoms with van der Waals surface area (Å²) < 4.78 is 25.6. The molecule has 0 aliphatic rings. The fraction of sp³-hybridized carbons (Fsp3) is 0.375. The smallest absolute Gasteiger partial charge is 0.257 e. The molecule has 2 rings (SSSR count). The molecule has 130 valence electrons. The normalized spacial score (nSPS) is 11.5. The number of nitrogens with one attached hydrogen (secondary N) is 2. The van der Waals surface area contributed by atoms with Gasteiger partial charge in [-0.05, 0) is 44.2 Å². The first-order valence-corrected chi connectivity index (χ1v) is 10.0. The summed E-state index contributed by atoms with van der Waals surface area (Å²) in [5, 5.41) is 3.36. The minimum Gasteiger partial charge on any atom is -0.298 e. The van der Waals surface area contributed by atoms with Crippen LogP contribution in [0.5, 0.6) is 0 Å².